The predicted molar refractivity (Wildman–Crippen MR) is 175 cm³/mol. The van der Waals surface area contributed by atoms with Crippen LogP contribution in [-0.4, -0.2) is 8.07 Å². The topological polar surface area (TPSA) is 0 Å². The number of rotatable bonds is 3. The van der Waals surface area contributed by atoms with Gasteiger partial charge in [0.2, 0.25) is 0 Å². The summed E-state index contributed by atoms with van der Waals surface area (Å²) in [4.78, 5) is 0. The number of benzene rings is 5. The molecule has 5 aromatic carbocycles. The monoisotopic (exact) mass is 710 g/mol. The Morgan fingerprint density at radius 2 is 0.902 bits per heavy atom. The van der Waals surface area contributed by atoms with Crippen molar-refractivity contribution in [2.24, 2.45) is 0 Å². The first-order valence-corrected chi connectivity index (χ1v) is 28.7. The average Bonchev–Trinajstić information content (AvgIpc) is 3.63. The van der Waals surface area contributed by atoms with E-state index >= 15 is 0 Å². The molecular weight excluding hydrogens is 675 g/mol. The molecule has 8 rings (SSSR count). The van der Waals surface area contributed by atoms with Gasteiger partial charge in [-0.25, -0.2) is 0 Å². The molecule has 5 aromatic rings. The number of hydrogen-bond donors (Lipinski definition) is 0. The van der Waals surface area contributed by atoms with Gasteiger partial charge in [0.1, 0.15) is 0 Å². The van der Waals surface area contributed by atoms with Crippen LogP contribution in [0.3, 0.4) is 0 Å². The van der Waals surface area contributed by atoms with Gasteiger partial charge < -0.3 is 0 Å². The summed E-state index contributed by atoms with van der Waals surface area (Å²) >= 11 is -3.10. The fourth-order valence-corrected chi connectivity index (χ4v) is 40.1. The molecule has 2 unspecified atom stereocenters. The molecule has 2 heteroatoms. The molecule has 198 valence electrons. The third-order valence-corrected chi connectivity index (χ3v) is 32.2. The maximum absolute atomic E-state index is 3.10. The van der Waals surface area contributed by atoms with Gasteiger partial charge in [0.25, 0.3) is 0 Å². The van der Waals surface area contributed by atoms with E-state index in [0.717, 1.165) is 0 Å². The van der Waals surface area contributed by atoms with Gasteiger partial charge in [-0.2, -0.15) is 0 Å². The molecule has 0 spiro atoms. The second-order valence-corrected chi connectivity index (χ2v) is 33.9. The Labute approximate surface area is 249 Å². The van der Waals surface area contributed by atoms with Crippen molar-refractivity contribution in [2.45, 2.75) is 23.3 Å². The molecular formula is C39H34HfSi. The van der Waals surface area contributed by atoms with Crippen LogP contribution in [0.2, 0.25) is 15.9 Å². The molecule has 1 fully saturated rings. The number of hydrogen-bond acceptors (Lipinski definition) is 0. The van der Waals surface area contributed by atoms with E-state index in [1.54, 1.807) is 26.7 Å². The molecule has 3 aliphatic rings. The van der Waals surface area contributed by atoms with Gasteiger partial charge in [0.15, 0.2) is 0 Å². The molecule has 1 aliphatic heterocycles. The summed E-state index contributed by atoms with van der Waals surface area (Å²) < 4.78 is 6.73. The van der Waals surface area contributed by atoms with Crippen LogP contribution in [0.5, 0.6) is 0 Å². The van der Waals surface area contributed by atoms with Crippen molar-refractivity contribution in [3.8, 4) is 22.3 Å². The van der Waals surface area contributed by atoms with Crippen LogP contribution >= 0.6 is 0 Å². The molecule has 1 heterocycles. The van der Waals surface area contributed by atoms with E-state index in [0.29, 0.717) is 7.35 Å². The second-order valence-electron chi connectivity index (χ2n) is 12.7. The van der Waals surface area contributed by atoms with Gasteiger partial charge in [-0.1, -0.05) is 0 Å². The van der Waals surface area contributed by atoms with Crippen LogP contribution in [0.25, 0.3) is 34.4 Å². The summed E-state index contributed by atoms with van der Waals surface area (Å²) in [5.74, 6) is 0. The zero-order valence-electron chi connectivity index (χ0n) is 23.9. The molecule has 2 atom stereocenters. The molecule has 0 saturated carbocycles. The molecule has 0 aromatic heterocycles. The normalized spacial score (nSPS) is 23.1. The molecule has 0 radical (unpaired) electrons. The van der Waals surface area contributed by atoms with Gasteiger partial charge in [-0.05, 0) is 0 Å². The first-order chi connectivity index (χ1) is 20.0. The minimum atomic E-state index is -3.10. The Morgan fingerprint density at radius 3 is 1.34 bits per heavy atom. The summed E-state index contributed by atoms with van der Waals surface area (Å²) in [6, 6.07) is 47.9. The van der Waals surface area contributed by atoms with Crippen LogP contribution in [0.1, 0.15) is 29.6 Å². The molecule has 1 saturated heterocycles. The molecule has 41 heavy (non-hydrogen) atoms. The van der Waals surface area contributed by atoms with Crippen LogP contribution in [-0.2, 0) is 20.0 Å². The van der Waals surface area contributed by atoms with E-state index in [4.69, 9.17) is 0 Å². The first kappa shape index (κ1) is 25.4. The Balaban J connectivity index is 1.42. The zero-order valence-corrected chi connectivity index (χ0v) is 28.5. The summed E-state index contributed by atoms with van der Waals surface area (Å²) in [6.45, 7) is 2.67. The fourth-order valence-electron chi connectivity index (χ4n) is 8.45. The third kappa shape index (κ3) is 3.60. The van der Waals surface area contributed by atoms with Gasteiger partial charge in [0, 0.05) is 0 Å². The zero-order chi connectivity index (χ0) is 27.8. The molecule has 0 nitrogen and oxygen atoms in total. The average molecular weight is 709 g/mol. The van der Waals surface area contributed by atoms with Gasteiger partial charge in [-0.15, -0.1) is 0 Å². The van der Waals surface area contributed by atoms with Crippen molar-refractivity contribution in [1.29, 1.82) is 0 Å². The van der Waals surface area contributed by atoms with E-state index < -0.39 is 28.0 Å². The number of allylic oxidation sites excluding steroid dienone is 2. The minimum absolute atomic E-state index is 0.603. The summed E-state index contributed by atoms with van der Waals surface area (Å²) in [6.07, 6.45) is 5.36. The van der Waals surface area contributed by atoms with Gasteiger partial charge >= 0.3 is 251 Å². The van der Waals surface area contributed by atoms with Crippen molar-refractivity contribution in [3.05, 3.63) is 160 Å². The van der Waals surface area contributed by atoms with E-state index in [-0.39, 0.29) is 0 Å². The molecule has 0 amide bonds. The molecule has 0 N–H and O–H groups in total. The van der Waals surface area contributed by atoms with E-state index in [2.05, 4.69) is 155 Å². The van der Waals surface area contributed by atoms with E-state index in [1.165, 1.54) is 33.4 Å². The second kappa shape index (κ2) is 9.34. The van der Waals surface area contributed by atoms with Crippen molar-refractivity contribution >= 4 is 25.4 Å². The number of fused-ring (bicyclic) bond motifs is 6. The third-order valence-electron chi connectivity index (χ3n) is 10.3. The Hall–Kier alpha value is -3.33. The van der Waals surface area contributed by atoms with Crippen molar-refractivity contribution in [2.75, 3.05) is 0 Å². The van der Waals surface area contributed by atoms with Crippen molar-refractivity contribution < 1.29 is 20.0 Å². The summed E-state index contributed by atoms with van der Waals surface area (Å²) in [7, 11) is -2.23. The van der Waals surface area contributed by atoms with Crippen LogP contribution in [0.4, 0.5) is 0 Å². The van der Waals surface area contributed by atoms with Crippen molar-refractivity contribution in [3.63, 3.8) is 0 Å². The van der Waals surface area contributed by atoms with Crippen LogP contribution < -0.4 is 5.19 Å². The predicted octanol–water partition coefficient (Wildman–Crippen LogP) is 9.92. The Bertz CT molecular complexity index is 1750. The maximum atomic E-state index is 2.76. The van der Waals surface area contributed by atoms with Gasteiger partial charge in [-0.3, -0.25) is 0 Å². The van der Waals surface area contributed by atoms with Crippen LogP contribution in [0.15, 0.2) is 138 Å². The summed E-state index contributed by atoms with van der Waals surface area (Å²) in [5, 5.41) is 5.09. The summed E-state index contributed by atoms with van der Waals surface area (Å²) in [5.41, 5.74) is 11.6. The SMILES string of the molecule is C[Si]1(c2ccccc2)C2=Cc3c(-c4ccccc4)cccc3[CH]2[Hf]([CH3])([CH3])[CH]2C1=Cc1c(-c3ccccc3)cccc12. The standard InChI is InChI=1S/C37H28Si.2CH3.Hf/c1-38(31-19-9-4-10-20-31,32-23-29-17-11-21-34(36(29)25-32)27-13-5-2-6-14-27)33-24-30-18-12-22-35(37(30)26-33)28-15-7-3-8-16-28;;;/h2-26H,1H3;2*1H3;. The Kier molecular flexibility index (Phi) is 5.78. The van der Waals surface area contributed by atoms with Crippen LogP contribution in [0, 0.1) is 0 Å². The first-order valence-electron chi connectivity index (χ1n) is 14.9. The van der Waals surface area contributed by atoms with E-state index in [1.807, 2.05) is 0 Å². The van der Waals surface area contributed by atoms with Gasteiger partial charge in [0.05, 0.1) is 0 Å². The quantitative estimate of drug-likeness (QED) is 0.164. The van der Waals surface area contributed by atoms with E-state index in [9.17, 15) is 0 Å². The Morgan fingerprint density at radius 1 is 0.488 bits per heavy atom. The van der Waals surface area contributed by atoms with Crippen molar-refractivity contribution in [1.82, 2.24) is 0 Å². The molecule has 0 bridgehead atoms. The fraction of sp³-hybridized carbons (Fsp3) is 0.128. The molecule has 2 aliphatic carbocycles.